The number of rotatable bonds is 3. The van der Waals surface area contributed by atoms with E-state index in [1.807, 2.05) is 6.07 Å². The number of ether oxygens (including phenoxy) is 1. The smallest absolute Gasteiger partial charge is 0.244 e. The molecule has 0 spiro atoms. The third-order valence-electron chi connectivity index (χ3n) is 4.49. The highest BCUT2D eigenvalue weighted by Crippen LogP contribution is 2.28. The number of benzene rings is 1. The van der Waals surface area contributed by atoms with Crippen molar-refractivity contribution in [2.24, 2.45) is 0 Å². The van der Waals surface area contributed by atoms with Gasteiger partial charge in [0.15, 0.2) is 0 Å². The minimum Gasteiger partial charge on any atom is -0.378 e. The average molecular weight is 338 g/mol. The molecule has 2 fully saturated rings. The maximum atomic E-state index is 13.0. The van der Waals surface area contributed by atoms with Gasteiger partial charge in [-0.2, -0.15) is 4.31 Å². The number of carbonyl (C=O) groups excluding carboxylic acids is 1. The summed E-state index contributed by atoms with van der Waals surface area (Å²) in [6, 6.07) is 6.34. The fourth-order valence-electron chi connectivity index (χ4n) is 3.24. The zero-order valence-corrected chi connectivity index (χ0v) is 14.1. The molecule has 126 valence electrons. The molecule has 0 N–H and O–H groups in total. The standard InChI is InChI=1S/C16H22N2O4S/c1-13-5-2-3-7-15(13)23(20,21)18-8-4-6-14(18)16(19)17-9-11-22-12-10-17/h2-3,5,7,14H,4,6,8-12H2,1H3/t14-/m1/s1. The molecule has 1 aromatic carbocycles. The summed E-state index contributed by atoms with van der Waals surface area (Å²) in [4.78, 5) is 14.8. The lowest BCUT2D eigenvalue weighted by atomic mass is 10.2. The molecular weight excluding hydrogens is 316 g/mol. The largest absolute Gasteiger partial charge is 0.378 e. The van der Waals surface area contributed by atoms with E-state index in [-0.39, 0.29) is 5.91 Å². The molecule has 3 rings (SSSR count). The highest BCUT2D eigenvalue weighted by atomic mass is 32.2. The molecular formula is C16H22N2O4S. The normalized spacial score (nSPS) is 23.2. The van der Waals surface area contributed by atoms with Gasteiger partial charge in [-0.25, -0.2) is 8.42 Å². The van der Waals surface area contributed by atoms with Crippen molar-refractivity contribution in [3.05, 3.63) is 29.8 Å². The van der Waals surface area contributed by atoms with Crippen LogP contribution in [0.5, 0.6) is 0 Å². The van der Waals surface area contributed by atoms with E-state index in [2.05, 4.69) is 0 Å². The van der Waals surface area contributed by atoms with Gasteiger partial charge in [-0.3, -0.25) is 4.79 Å². The first-order valence-corrected chi connectivity index (χ1v) is 9.40. The molecule has 0 bridgehead atoms. The third kappa shape index (κ3) is 3.13. The van der Waals surface area contributed by atoms with E-state index < -0.39 is 16.1 Å². The molecule has 2 aliphatic rings. The fraction of sp³-hybridized carbons (Fsp3) is 0.562. The molecule has 0 aromatic heterocycles. The first kappa shape index (κ1) is 16.4. The average Bonchev–Trinajstić information content (AvgIpc) is 3.05. The first-order chi connectivity index (χ1) is 11.0. The first-order valence-electron chi connectivity index (χ1n) is 7.96. The Kier molecular flexibility index (Phi) is 4.70. The summed E-state index contributed by atoms with van der Waals surface area (Å²) < 4.78 is 32.6. The minimum absolute atomic E-state index is 0.0945. The van der Waals surface area contributed by atoms with Crippen molar-refractivity contribution in [1.29, 1.82) is 0 Å². The van der Waals surface area contributed by atoms with Gasteiger partial charge < -0.3 is 9.64 Å². The summed E-state index contributed by atoms with van der Waals surface area (Å²) in [5.41, 5.74) is 0.706. The molecule has 0 aliphatic carbocycles. The van der Waals surface area contributed by atoms with E-state index in [0.717, 1.165) is 0 Å². The Morgan fingerprint density at radius 1 is 1.17 bits per heavy atom. The SMILES string of the molecule is Cc1ccccc1S(=O)(=O)N1CCC[C@@H]1C(=O)N1CCOCC1. The van der Waals surface area contributed by atoms with E-state index in [0.29, 0.717) is 56.1 Å². The van der Waals surface area contributed by atoms with Crippen molar-refractivity contribution >= 4 is 15.9 Å². The van der Waals surface area contributed by atoms with Crippen molar-refractivity contribution in [2.75, 3.05) is 32.8 Å². The van der Waals surface area contributed by atoms with Crippen LogP contribution >= 0.6 is 0 Å². The Balaban J connectivity index is 1.86. The van der Waals surface area contributed by atoms with E-state index in [4.69, 9.17) is 4.74 Å². The summed E-state index contributed by atoms with van der Waals surface area (Å²) in [7, 11) is -3.65. The van der Waals surface area contributed by atoms with Crippen molar-refractivity contribution in [3.8, 4) is 0 Å². The van der Waals surface area contributed by atoms with Gasteiger partial charge in [-0.1, -0.05) is 18.2 Å². The zero-order valence-electron chi connectivity index (χ0n) is 13.3. The van der Waals surface area contributed by atoms with Crippen LogP contribution in [-0.2, 0) is 19.6 Å². The van der Waals surface area contributed by atoms with Crippen LogP contribution in [0.15, 0.2) is 29.2 Å². The van der Waals surface area contributed by atoms with Gasteiger partial charge in [0.2, 0.25) is 15.9 Å². The lowest BCUT2D eigenvalue weighted by molar-refractivity contribution is -0.138. The van der Waals surface area contributed by atoms with Crippen molar-refractivity contribution < 1.29 is 17.9 Å². The van der Waals surface area contributed by atoms with Gasteiger partial charge in [0, 0.05) is 19.6 Å². The van der Waals surface area contributed by atoms with Crippen LogP contribution in [0, 0.1) is 6.92 Å². The van der Waals surface area contributed by atoms with Crippen LogP contribution < -0.4 is 0 Å². The number of amides is 1. The maximum Gasteiger partial charge on any atom is 0.244 e. The van der Waals surface area contributed by atoms with Gasteiger partial charge in [-0.15, -0.1) is 0 Å². The summed E-state index contributed by atoms with van der Waals surface area (Å²) in [5.74, 6) is -0.0945. The topological polar surface area (TPSA) is 66.9 Å². The van der Waals surface area contributed by atoms with Crippen LogP contribution in [0.4, 0.5) is 0 Å². The zero-order chi connectivity index (χ0) is 16.4. The van der Waals surface area contributed by atoms with Crippen LogP contribution in [0.3, 0.4) is 0 Å². The van der Waals surface area contributed by atoms with Crippen molar-refractivity contribution in [1.82, 2.24) is 9.21 Å². The molecule has 1 amide bonds. The number of nitrogens with zero attached hydrogens (tertiary/aromatic N) is 2. The molecule has 0 unspecified atom stereocenters. The Bertz CT molecular complexity index is 683. The Hall–Kier alpha value is -1.44. The Labute approximate surface area is 137 Å². The molecule has 2 aliphatic heterocycles. The molecule has 1 aromatic rings. The van der Waals surface area contributed by atoms with Crippen LogP contribution in [0.1, 0.15) is 18.4 Å². The van der Waals surface area contributed by atoms with Gasteiger partial charge in [-0.05, 0) is 31.4 Å². The second-order valence-corrected chi connectivity index (χ2v) is 7.84. The van der Waals surface area contributed by atoms with Gasteiger partial charge in [0.05, 0.1) is 18.1 Å². The van der Waals surface area contributed by atoms with E-state index in [1.54, 1.807) is 30.0 Å². The monoisotopic (exact) mass is 338 g/mol. The second kappa shape index (κ2) is 6.59. The maximum absolute atomic E-state index is 13.0. The number of hydrogen-bond donors (Lipinski definition) is 0. The van der Waals surface area contributed by atoms with Gasteiger partial charge >= 0.3 is 0 Å². The number of morpholine rings is 1. The predicted molar refractivity (Wildman–Crippen MR) is 85.5 cm³/mol. The molecule has 2 saturated heterocycles. The number of carbonyl (C=O) groups is 1. The summed E-state index contributed by atoms with van der Waals surface area (Å²) in [5, 5.41) is 0. The van der Waals surface area contributed by atoms with E-state index in [9.17, 15) is 13.2 Å². The van der Waals surface area contributed by atoms with Crippen LogP contribution in [0.25, 0.3) is 0 Å². The molecule has 0 saturated carbocycles. The van der Waals surface area contributed by atoms with E-state index in [1.165, 1.54) is 4.31 Å². The fourth-order valence-corrected chi connectivity index (χ4v) is 5.12. The van der Waals surface area contributed by atoms with Gasteiger partial charge in [0.1, 0.15) is 6.04 Å². The molecule has 1 atom stereocenters. The van der Waals surface area contributed by atoms with Crippen molar-refractivity contribution in [2.45, 2.75) is 30.7 Å². The lowest BCUT2D eigenvalue weighted by Crippen LogP contribution is -2.51. The minimum atomic E-state index is -3.65. The van der Waals surface area contributed by atoms with E-state index >= 15 is 0 Å². The highest BCUT2D eigenvalue weighted by molar-refractivity contribution is 7.89. The summed E-state index contributed by atoms with van der Waals surface area (Å²) >= 11 is 0. The lowest BCUT2D eigenvalue weighted by Gasteiger charge is -2.32. The number of sulfonamides is 1. The van der Waals surface area contributed by atoms with Gasteiger partial charge in [0.25, 0.3) is 0 Å². The van der Waals surface area contributed by atoms with Crippen molar-refractivity contribution in [3.63, 3.8) is 0 Å². The second-order valence-electron chi connectivity index (χ2n) is 5.98. The highest BCUT2D eigenvalue weighted by Gasteiger charge is 2.41. The number of hydrogen-bond acceptors (Lipinski definition) is 4. The van der Waals surface area contributed by atoms with Crippen LogP contribution in [-0.4, -0.2) is 62.4 Å². The third-order valence-corrected chi connectivity index (χ3v) is 6.56. The molecule has 23 heavy (non-hydrogen) atoms. The molecule has 2 heterocycles. The molecule has 6 nitrogen and oxygen atoms in total. The predicted octanol–water partition coefficient (Wildman–Crippen LogP) is 1.01. The Morgan fingerprint density at radius 2 is 1.87 bits per heavy atom. The summed E-state index contributed by atoms with van der Waals surface area (Å²) in [6.45, 7) is 4.28. The summed E-state index contributed by atoms with van der Waals surface area (Å²) in [6.07, 6.45) is 1.30. The molecule has 7 heteroatoms. The Morgan fingerprint density at radius 3 is 2.57 bits per heavy atom. The number of aryl methyl sites for hydroxylation is 1. The quantitative estimate of drug-likeness (QED) is 0.825. The molecule has 0 radical (unpaired) electrons. The van der Waals surface area contributed by atoms with Crippen LogP contribution in [0.2, 0.25) is 0 Å².